The Morgan fingerprint density at radius 3 is 2.24 bits per heavy atom. The number of hydrogen-bond acceptors (Lipinski definition) is 3. The number of aromatic nitrogens is 1. The first-order valence-electron chi connectivity index (χ1n) is 8.67. The van der Waals surface area contributed by atoms with Crippen LogP contribution in [-0.4, -0.2) is 16.9 Å². The van der Waals surface area contributed by atoms with E-state index < -0.39 is 17.6 Å². The summed E-state index contributed by atoms with van der Waals surface area (Å²) in [5.41, 5.74) is 0.655. The van der Waals surface area contributed by atoms with Gasteiger partial charge in [-0.05, 0) is 48.5 Å². The lowest BCUT2D eigenvalue weighted by atomic mass is 10.1. The van der Waals surface area contributed by atoms with E-state index in [9.17, 15) is 18.0 Å². The van der Waals surface area contributed by atoms with Gasteiger partial charge in [0.05, 0.1) is 17.8 Å². The minimum absolute atomic E-state index is 0.0818. The predicted molar refractivity (Wildman–Crippen MR) is 104 cm³/mol. The molecule has 0 bridgehead atoms. The van der Waals surface area contributed by atoms with Gasteiger partial charge in [-0.2, -0.15) is 13.2 Å². The number of carbonyl (C=O) groups is 1. The van der Waals surface area contributed by atoms with E-state index in [4.69, 9.17) is 0 Å². The zero-order chi connectivity index (χ0) is 20.7. The number of rotatable bonds is 4. The van der Waals surface area contributed by atoms with Gasteiger partial charge in [0.15, 0.2) is 0 Å². The topological polar surface area (TPSA) is 66.4 Å². The molecule has 29 heavy (non-hydrogen) atoms. The lowest BCUT2D eigenvalue weighted by Gasteiger charge is -2.12. The molecular formula is C21H17F3N4O. The van der Waals surface area contributed by atoms with Gasteiger partial charge in [-0.1, -0.05) is 24.3 Å². The molecule has 5 nitrogen and oxygen atoms in total. The number of pyridine rings is 1. The number of halogens is 3. The lowest BCUT2D eigenvalue weighted by molar-refractivity contribution is -0.137. The Labute approximate surface area is 165 Å². The molecule has 2 aromatic carbocycles. The Bertz CT molecular complexity index is 972. The van der Waals surface area contributed by atoms with E-state index in [0.717, 1.165) is 24.3 Å². The van der Waals surface area contributed by atoms with Gasteiger partial charge >= 0.3 is 6.18 Å². The third-order valence-corrected chi connectivity index (χ3v) is 3.87. The summed E-state index contributed by atoms with van der Waals surface area (Å²) < 4.78 is 38.1. The van der Waals surface area contributed by atoms with Crippen LogP contribution in [0.25, 0.3) is 0 Å². The molecule has 0 aliphatic rings. The normalized spacial score (nSPS) is 11.8. The molecular weight excluding hydrogens is 381 g/mol. The average Bonchev–Trinajstić information content (AvgIpc) is 2.73. The number of nitrogens with zero attached hydrogens (tertiary/aromatic N) is 2. The van der Waals surface area contributed by atoms with Crippen LogP contribution in [0.2, 0.25) is 0 Å². The van der Waals surface area contributed by atoms with E-state index in [2.05, 4.69) is 20.6 Å². The van der Waals surface area contributed by atoms with Crippen LogP contribution >= 0.6 is 0 Å². The van der Waals surface area contributed by atoms with E-state index in [1.165, 1.54) is 0 Å². The second kappa shape index (κ2) is 9.01. The molecule has 0 saturated carbocycles. The number of hydrogen-bond donors (Lipinski definition) is 2. The molecule has 0 radical (unpaired) electrons. The number of anilines is 1. The Morgan fingerprint density at radius 1 is 0.931 bits per heavy atom. The van der Waals surface area contributed by atoms with Gasteiger partial charge in [0.2, 0.25) is 5.96 Å². The van der Waals surface area contributed by atoms with Gasteiger partial charge in [-0.3, -0.25) is 15.1 Å². The Hall–Kier alpha value is -3.68. The first kappa shape index (κ1) is 20.1. The fourth-order valence-corrected chi connectivity index (χ4v) is 2.41. The molecule has 0 spiro atoms. The minimum atomic E-state index is -4.46. The summed E-state index contributed by atoms with van der Waals surface area (Å²) in [5, 5.41) is 5.60. The fourth-order valence-electron chi connectivity index (χ4n) is 2.41. The van der Waals surface area contributed by atoms with Crippen molar-refractivity contribution in [2.24, 2.45) is 4.99 Å². The third-order valence-electron chi connectivity index (χ3n) is 3.87. The summed E-state index contributed by atoms with van der Waals surface area (Å²) in [5.74, 6) is -0.423. The van der Waals surface area contributed by atoms with Crippen molar-refractivity contribution in [2.75, 3.05) is 5.32 Å². The molecule has 3 rings (SSSR count). The molecule has 148 valence electrons. The minimum Gasteiger partial charge on any atom is -0.326 e. The van der Waals surface area contributed by atoms with Crippen LogP contribution in [0.3, 0.4) is 0 Å². The van der Waals surface area contributed by atoms with Gasteiger partial charge in [-0.25, -0.2) is 4.99 Å². The summed E-state index contributed by atoms with van der Waals surface area (Å²) >= 11 is 0. The maximum absolute atomic E-state index is 12.7. The first-order chi connectivity index (χ1) is 13.9. The van der Waals surface area contributed by atoms with Crippen molar-refractivity contribution in [3.05, 3.63) is 95.8 Å². The number of guanidine groups is 1. The molecule has 1 heterocycles. The van der Waals surface area contributed by atoms with Gasteiger partial charge in [-0.15, -0.1) is 0 Å². The molecule has 1 amide bonds. The molecule has 0 aliphatic carbocycles. The summed E-state index contributed by atoms with van der Waals surface area (Å²) in [7, 11) is 0. The number of alkyl halides is 3. The van der Waals surface area contributed by atoms with E-state index >= 15 is 0 Å². The van der Waals surface area contributed by atoms with Crippen molar-refractivity contribution < 1.29 is 18.0 Å². The second-order valence-corrected chi connectivity index (χ2v) is 6.01. The van der Waals surface area contributed by atoms with Crippen molar-refractivity contribution >= 4 is 17.6 Å². The van der Waals surface area contributed by atoms with Crippen molar-refractivity contribution in [3.8, 4) is 0 Å². The van der Waals surface area contributed by atoms with Crippen LogP contribution in [0.15, 0.2) is 84.0 Å². The summed E-state index contributed by atoms with van der Waals surface area (Å²) in [6.45, 7) is 0.212. The van der Waals surface area contributed by atoms with E-state index in [1.54, 1.807) is 30.5 Å². The van der Waals surface area contributed by atoms with Crippen LogP contribution in [0.1, 0.15) is 21.6 Å². The summed E-state index contributed by atoms with van der Waals surface area (Å²) in [4.78, 5) is 21.0. The van der Waals surface area contributed by atoms with Crippen molar-refractivity contribution in [2.45, 2.75) is 12.7 Å². The molecule has 0 aliphatic heterocycles. The smallest absolute Gasteiger partial charge is 0.326 e. The molecule has 0 atom stereocenters. The number of carbonyl (C=O) groups excluding carboxylic acids is 1. The quantitative estimate of drug-likeness (QED) is 0.502. The Kier molecular flexibility index (Phi) is 6.23. The van der Waals surface area contributed by atoms with Gasteiger partial charge in [0.25, 0.3) is 5.91 Å². The van der Waals surface area contributed by atoms with Crippen LogP contribution in [0.5, 0.6) is 0 Å². The number of para-hydroxylation sites is 1. The summed E-state index contributed by atoms with van der Waals surface area (Å²) in [6.07, 6.45) is -2.82. The molecule has 0 unspecified atom stereocenters. The molecule has 8 heteroatoms. The highest BCUT2D eigenvalue weighted by atomic mass is 19.4. The molecule has 3 aromatic rings. The number of amides is 1. The highest BCUT2D eigenvalue weighted by molar-refractivity contribution is 6.09. The molecule has 0 saturated heterocycles. The maximum atomic E-state index is 12.7. The third kappa shape index (κ3) is 5.90. The lowest BCUT2D eigenvalue weighted by Crippen LogP contribution is -2.36. The van der Waals surface area contributed by atoms with Crippen LogP contribution in [0.4, 0.5) is 18.9 Å². The highest BCUT2D eigenvalue weighted by Gasteiger charge is 2.30. The van der Waals surface area contributed by atoms with E-state index in [1.807, 2.05) is 24.3 Å². The van der Waals surface area contributed by atoms with Gasteiger partial charge < -0.3 is 5.32 Å². The van der Waals surface area contributed by atoms with Crippen LogP contribution in [-0.2, 0) is 12.7 Å². The zero-order valence-electron chi connectivity index (χ0n) is 15.1. The average molecular weight is 398 g/mol. The largest absolute Gasteiger partial charge is 0.416 e. The SMILES string of the molecule is O=C(NC(=NCc1ccccn1)Nc1ccccc1)c1ccc(C(F)(F)F)cc1. The van der Waals surface area contributed by atoms with Crippen molar-refractivity contribution in [1.29, 1.82) is 0 Å². The number of aliphatic imine (C=N–C) groups is 1. The fraction of sp³-hybridized carbons (Fsp3) is 0.0952. The number of nitrogens with one attached hydrogen (secondary N) is 2. The van der Waals surface area contributed by atoms with E-state index in [0.29, 0.717) is 11.4 Å². The molecule has 0 fully saturated rings. The van der Waals surface area contributed by atoms with Crippen molar-refractivity contribution in [3.63, 3.8) is 0 Å². The molecule has 2 N–H and O–H groups in total. The van der Waals surface area contributed by atoms with Crippen LogP contribution in [0, 0.1) is 0 Å². The highest BCUT2D eigenvalue weighted by Crippen LogP contribution is 2.29. The Balaban J connectivity index is 1.77. The maximum Gasteiger partial charge on any atom is 0.416 e. The van der Waals surface area contributed by atoms with Crippen molar-refractivity contribution in [1.82, 2.24) is 10.3 Å². The predicted octanol–water partition coefficient (Wildman–Crippen LogP) is 4.50. The molecule has 1 aromatic heterocycles. The zero-order valence-corrected chi connectivity index (χ0v) is 15.1. The first-order valence-corrected chi connectivity index (χ1v) is 8.67. The monoisotopic (exact) mass is 398 g/mol. The second-order valence-electron chi connectivity index (χ2n) is 6.01. The standard InChI is InChI=1S/C21H17F3N4O/c22-21(23,24)16-11-9-15(10-12-16)19(29)28-20(27-17-6-2-1-3-7-17)26-14-18-8-4-5-13-25-18/h1-13H,14H2,(H2,26,27,28,29). The van der Waals surface area contributed by atoms with Crippen LogP contribution < -0.4 is 10.6 Å². The summed E-state index contributed by atoms with van der Waals surface area (Å²) in [6, 6.07) is 18.4. The van der Waals surface area contributed by atoms with Gasteiger partial charge in [0, 0.05) is 17.4 Å². The van der Waals surface area contributed by atoms with Gasteiger partial charge in [0.1, 0.15) is 0 Å². The van der Waals surface area contributed by atoms with E-state index in [-0.39, 0.29) is 18.1 Å². The Morgan fingerprint density at radius 2 is 1.62 bits per heavy atom. The number of benzene rings is 2.